The highest BCUT2D eigenvalue weighted by Crippen LogP contribution is 2.42. The average molecular weight is 409 g/mol. The van der Waals surface area contributed by atoms with Gasteiger partial charge in [-0.3, -0.25) is 4.79 Å². The molecule has 1 heterocycles. The third kappa shape index (κ3) is 3.71. The second kappa shape index (κ2) is 7.44. The largest absolute Gasteiger partial charge is 0.488 e. The number of carbonyl (C=O) groups excluding carboxylic acids is 1. The Kier molecular flexibility index (Phi) is 4.87. The van der Waals surface area contributed by atoms with Crippen LogP contribution in [0.15, 0.2) is 83.3 Å². The fourth-order valence-corrected chi connectivity index (χ4v) is 3.17. The Hall–Kier alpha value is -2.43. The summed E-state index contributed by atoms with van der Waals surface area (Å²) >= 11 is 3.42. The van der Waals surface area contributed by atoms with Crippen LogP contribution in [0.3, 0.4) is 0 Å². The number of halogens is 1. The maximum atomic E-state index is 12.9. The molecule has 3 aromatic rings. The van der Waals surface area contributed by atoms with Gasteiger partial charge in [0.1, 0.15) is 18.5 Å². The minimum Gasteiger partial charge on any atom is -0.488 e. The van der Waals surface area contributed by atoms with Crippen molar-refractivity contribution in [2.75, 3.05) is 0 Å². The zero-order valence-electron chi connectivity index (χ0n) is 14.0. The van der Waals surface area contributed by atoms with Crippen molar-refractivity contribution < 1.29 is 14.3 Å². The lowest BCUT2D eigenvalue weighted by atomic mass is 10.0. The number of Topliss-reactive ketones (excluding diaryl/α,β-unsaturated/α-hetero) is 1. The van der Waals surface area contributed by atoms with E-state index < -0.39 is 6.10 Å². The summed E-state index contributed by atoms with van der Waals surface area (Å²) in [7, 11) is 0. The SMILES string of the molecule is O=C(c1ccccc1OCc1ccccc1)[C@H]1O[C@@H]1c1ccc(Br)cc1. The van der Waals surface area contributed by atoms with Gasteiger partial charge in [-0.25, -0.2) is 0 Å². The Morgan fingerprint density at radius 1 is 0.923 bits per heavy atom. The summed E-state index contributed by atoms with van der Waals surface area (Å²) < 4.78 is 12.6. The first-order valence-electron chi connectivity index (χ1n) is 8.43. The van der Waals surface area contributed by atoms with Crippen molar-refractivity contribution in [2.24, 2.45) is 0 Å². The predicted molar refractivity (Wildman–Crippen MR) is 103 cm³/mol. The van der Waals surface area contributed by atoms with Gasteiger partial charge in [-0.1, -0.05) is 70.5 Å². The van der Waals surface area contributed by atoms with Gasteiger partial charge in [0.05, 0.1) is 5.56 Å². The molecule has 0 saturated carbocycles. The van der Waals surface area contributed by atoms with E-state index in [1.165, 1.54) is 0 Å². The van der Waals surface area contributed by atoms with Gasteiger partial charge in [0.2, 0.25) is 0 Å². The van der Waals surface area contributed by atoms with Crippen molar-refractivity contribution in [1.82, 2.24) is 0 Å². The van der Waals surface area contributed by atoms with Crippen LogP contribution >= 0.6 is 15.9 Å². The number of ether oxygens (including phenoxy) is 2. The lowest BCUT2D eigenvalue weighted by Crippen LogP contribution is -2.10. The molecule has 4 heteroatoms. The van der Waals surface area contributed by atoms with Crippen LogP contribution in [0.2, 0.25) is 0 Å². The van der Waals surface area contributed by atoms with Gasteiger partial charge in [-0.05, 0) is 35.4 Å². The highest BCUT2D eigenvalue weighted by atomic mass is 79.9. The number of benzene rings is 3. The number of ketones is 1. The van der Waals surface area contributed by atoms with E-state index in [4.69, 9.17) is 9.47 Å². The molecule has 0 unspecified atom stereocenters. The van der Waals surface area contributed by atoms with Crippen LogP contribution in [0, 0.1) is 0 Å². The zero-order chi connectivity index (χ0) is 17.9. The Bertz CT molecular complexity index is 906. The molecule has 0 N–H and O–H groups in total. The van der Waals surface area contributed by atoms with Crippen molar-refractivity contribution in [3.63, 3.8) is 0 Å². The lowest BCUT2D eigenvalue weighted by Gasteiger charge is -2.10. The van der Waals surface area contributed by atoms with E-state index in [0.29, 0.717) is 17.9 Å². The van der Waals surface area contributed by atoms with Crippen LogP contribution in [0.5, 0.6) is 5.75 Å². The summed E-state index contributed by atoms with van der Waals surface area (Å²) in [5.41, 5.74) is 2.63. The summed E-state index contributed by atoms with van der Waals surface area (Å²) in [6, 6.07) is 25.1. The molecule has 3 nitrogen and oxygen atoms in total. The molecule has 2 atom stereocenters. The smallest absolute Gasteiger partial charge is 0.198 e. The molecule has 0 radical (unpaired) electrons. The van der Waals surface area contributed by atoms with E-state index in [0.717, 1.165) is 15.6 Å². The molecule has 0 bridgehead atoms. The van der Waals surface area contributed by atoms with Crippen LogP contribution in [-0.4, -0.2) is 11.9 Å². The lowest BCUT2D eigenvalue weighted by molar-refractivity contribution is 0.0949. The van der Waals surface area contributed by atoms with Crippen LogP contribution in [-0.2, 0) is 11.3 Å². The third-order valence-corrected chi connectivity index (χ3v) is 4.87. The number of para-hydroxylation sites is 1. The van der Waals surface area contributed by atoms with Gasteiger partial charge >= 0.3 is 0 Å². The van der Waals surface area contributed by atoms with Gasteiger partial charge in [0.15, 0.2) is 11.9 Å². The van der Waals surface area contributed by atoms with Gasteiger partial charge in [0.25, 0.3) is 0 Å². The first-order valence-corrected chi connectivity index (χ1v) is 9.22. The highest BCUT2D eigenvalue weighted by Gasteiger charge is 2.46. The Balaban J connectivity index is 1.48. The molecule has 1 aliphatic heterocycles. The molecule has 0 spiro atoms. The van der Waals surface area contributed by atoms with E-state index in [1.54, 1.807) is 6.07 Å². The topological polar surface area (TPSA) is 38.8 Å². The molecule has 0 aliphatic carbocycles. The Morgan fingerprint density at radius 2 is 1.62 bits per heavy atom. The molecular formula is C22H17BrO3. The minimum atomic E-state index is -0.447. The van der Waals surface area contributed by atoms with E-state index in [2.05, 4.69) is 15.9 Å². The number of hydrogen-bond donors (Lipinski definition) is 0. The molecule has 0 amide bonds. The van der Waals surface area contributed by atoms with Crippen molar-refractivity contribution in [3.05, 3.63) is 100 Å². The second-order valence-corrected chi connectivity index (χ2v) is 7.08. The maximum Gasteiger partial charge on any atom is 0.198 e. The predicted octanol–water partition coefficient (Wildman–Crippen LogP) is 5.35. The standard InChI is InChI=1S/C22H17BrO3/c23-17-12-10-16(11-13-17)21-22(26-21)20(24)18-8-4-5-9-19(18)25-14-15-6-2-1-3-7-15/h1-13,21-22H,14H2/t21-,22-/m1/s1. The van der Waals surface area contributed by atoms with E-state index >= 15 is 0 Å². The van der Waals surface area contributed by atoms with Crippen molar-refractivity contribution in [2.45, 2.75) is 18.8 Å². The van der Waals surface area contributed by atoms with Crippen LogP contribution < -0.4 is 4.74 Å². The molecule has 1 fully saturated rings. The molecule has 1 saturated heterocycles. The average Bonchev–Trinajstić information content (AvgIpc) is 3.48. The van der Waals surface area contributed by atoms with E-state index in [9.17, 15) is 4.79 Å². The van der Waals surface area contributed by atoms with Gasteiger partial charge < -0.3 is 9.47 Å². The van der Waals surface area contributed by atoms with Gasteiger partial charge in [-0.15, -0.1) is 0 Å². The van der Waals surface area contributed by atoms with Crippen LogP contribution in [0.1, 0.15) is 27.6 Å². The number of rotatable bonds is 6. The van der Waals surface area contributed by atoms with Gasteiger partial charge in [-0.2, -0.15) is 0 Å². The number of hydrogen-bond acceptors (Lipinski definition) is 3. The van der Waals surface area contributed by atoms with Crippen LogP contribution in [0.25, 0.3) is 0 Å². The molecule has 26 heavy (non-hydrogen) atoms. The minimum absolute atomic E-state index is 0.0402. The highest BCUT2D eigenvalue weighted by molar-refractivity contribution is 9.10. The Morgan fingerprint density at radius 3 is 2.38 bits per heavy atom. The van der Waals surface area contributed by atoms with Crippen LogP contribution in [0.4, 0.5) is 0 Å². The first kappa shape index (κ1) is 17.0. The zero-order valence-corrected chi connectivity index (χ0v) is 15.6. The summed E-state index contributed by atoms with van der Waals surface area (Å²) in [5.74, 6) is 0.549. The molecule has 1 aliphatic rings. The number of carbonyl (C=O) groups is 1. The number of epoxide rings is 1. The normalized spacial score (nSPS) is 18.3. The van der Waals surface area contributed by atoms with Crippen molar-refractivity contribution >= 4 is 21.7 Å². The first-order chi connectivity index (χ1) is 12.7. The summed E-state index contributed by atoms with van der Waals surface area (Å²) in [6.45, 7) is 0.423. The summed E-state index contributed by atoms with van der Waals surface area (Å²) in [5, 5.41) is 0. The molecule has 130 valence electrons. The molecule has 4 rings (SSSR count). The van der Waals surface area contributed by atoms with Crippen molar-refractivity contribution in [3.8, 4) is 5.75 Å². The monoisotopic (exact) mass is 408 g/mol. The van der Waals surface area contributed by atoms with E-state index in [-0.39, 0.29) is 11.9 Å². The third-order valence-electron chi connectivity index (χ3n) is 4.34. The summed E-state index contributed by atoms with van der Waals surface area (Å²) in [4.78, 5) is 12.9. The summed E-state index contributed by atoms with van der Waals surface area (Å²) in [6.07, 6.45) is -0.629. The molecular weight excluding hydrogens is 392 g/mol. The quantitative estimate of drug-likeness (QED) is 0.407. The molecule has 3 aromatic carbocycles. The molecule has 0 aromatic heterocycles. The van der Waals surface area contributed by atoms with Gasteiger partial charge in [0, 0.05) is 4.47 Å². The van der Waals surface area contributed by atoms with Crippen molar-refractivity contribution in [1.29, 1.82) is 0 Å². The fourth-order valence-electron chi connectivity index (χ4n) is 2.90. The fraction of sp³-hybridized carbons (Fsp3) is 0.136. The maximum absolute atomic E-state index is 12.9. The second-order valence-electron chi connectivity index (χ2n) is 6.16. The van der Waals surface area contributed by atoms with E-state index in [1.807, 2.05) is 72.8 Å². The Labute approximate surface area is 160 Å².